The van der Waals surface area contributed by atoms with E-state index in [1.54, 1.807) is 60.0 Å². The Hall–Kier alpha value is -11.9. The number of methoxy groups -OCH3 is 1. The standard InChI is InChI=1S/C29H25FN4O3.C25H29N5O2S.C20H17N5O5/c1-37-23-12-8-21(9-13-23)28(35)33-16-14-32(15-17-33)27-24-4-2-3-5-26(24)34(29(36)25(27)18-31)19-20-6-10-22(30)11-7-20;1-18-7-8-21-19(16-18)23(20(17-26)24(27-21)32-14-5-9-28(2)3)29-10-12-30(13-11-29)25(31)22-6-4-15-33-22;1-22-15-5-3-2-4-13(15)18(14(12-21)19(22)26)23-8-10-24(11-9-23)20(27)16-6-7-17(30-16)25(28)29/h2-13H,14-17,19H2,1H3;4,6-8,15-16H,5,9-14H2,1-3H3;2-7H,8-11H2,1H3. The number of hydrogen-bond acceptors (Lipinski definition) is 19. The van der Waals surface area contributed by atoms with Crippen molar-refractivity contribution in [2.75, 3.05) is 128 Å². The van der Waals surface area contributed by atoms with E-state index in [-0.39, 0.29) is 46.6 Å². The molecule has 0 atom stereocenters. The van der Waals surface area contributed by atoms with Crippen LogP contribution >= 0.6 is 11.3 Å². The van der Waals surface area contributed by atoms with E-state index >= 15 is 0 Å². The Labute approximate surface area is 579 Å². The van der Waals surface area contributed by atoms with Gasteiger partial charge in [-0.3, -0.25) is 34.1 Å². The molecule has 3 amide bonds. The molecular weight excluding hydrogens is 1300 g/mol. The number of ether oxygens (including phenoxy) is 2. The summed E-state index contributed by atoms with van der Waals surface area (Å²) in [6, 6.07) is 46.7. The number of furan rings is 1. The number of thiophene rings is 1. The Morgan fingerprint density at radius 3 is 1.75 bits per heavy atom. The predicted octanol–water partition coefficient (Wildman–Crippen LogP) is 9.67. The second-order valence-corrected chi connectivity index (χ2v) is 25.3. The van der Waals surface area contributed by atoms with Gasteiger partial charge in [0.15, 0.2) is 5.76 Å². The molecule has 0 N–H and O–H groups in total. The molecule has 8 heterocycles. The molecule has 0 radical (unpaired) electrons. The van der Waals surface area contributed by atoms with Crippen molar-refractivity contribution in [2.45, 2.75) is 19.9 Å². The SMILES string of the molecule is COc1ccc(C(=O)N2CCN(c3c(C#N)c(=O)n(Cc4ccc(F)cc4)c4ccccc34)CC2)cc1.Cc1ccc2nc(OCCCN(C)C)c(C#N)c(N3CCN(C(=O)c4cccs4)CC3)c2c1.Cn1c(=O)c(C#N)c(N2CCN(C(=O)c3ccc([N+](=O)[O-])o3)CC2)c2ccccc21. The molecule has 0 unspecified atom stereocenters. The highest BCUT2D eigenvalue weighted by atomic mass is 32.1. The van der Waals surface area contributed by atoms with Crippen LogP contribution in [0.1, 0.15) is 64.8 Å². The Morgan fingerprint density at radius 2 is 1.20 bits per heavy atom. The number of nitrogens with zero attached hydrogens (tertiary/aromatic N) is 14. The molecule has 0 saturated carbocycles. The maximum Gasteiger partial charge on any atom is 0.433 e. The van der Waals surface area contributed by atoms with E-state index in [2.05, 4.69) is 33.0 Å². The summed E-state index contributed by atoms with van der Waals surface area (Å²) in [6.45, 7) is 9.53. The first-order valence-electron chi connectivity index (χ1n) is 32.4. The molecule has 13 rings (SSSR count). The third-order valence-electron chi connectivity index (χ3n) is 17.8. The summed E-state index contributed by atoms with van der Waals surface area (Å²) in [5.41, 5.74) is 6.55. The van der Waals surface area contributed by atoms with Gasteiger partial charge in [-0.05, 0) is 111 Å². The first-order valence-corrected chi connectivity index (χ1v) is 33.3. The fraction of sp³-hybridized carbons (Fsp3) is 0.284. The number of nitro groups is 1. The lowest BCUT2D eigenvalue weighted by Crippen LogP contribution is -2.49. The minimum atomic E-state index is -0.695. The van der Waals surface area contributed by atoms with Gasteiger partial charge in [-0.15, -0.1) is 11.3 Å². The van der Waals surface area contributed by atoms with Gasteiger partial charge >= 0.3 is 5.88 Å². The van der Waals surface area contributed by atoms with Crippen LogP contribution in [0.5, 0.6) is 11.6 Å². The largest absolute Gasteiger partial charge is 0.497 e. The summed E-state index contributed by atoms with van der Waals surface area (Å²) in [7, 11) is 7.27. The van der Waals surface area contributed by atoms with Crippen molar-refractivity contribution in [3.63, 3.8) is 0 Å². The first-order chi connectivity index (χ1) is 48.4. The molecule has 510 valence electrons. The average Bonchev–Trinajstić information content (AvgIpc) is 0.815. The summed E-state index contributed by atoms with van der Waals surface area (Å²) in [6.07, 6.45) is 0.852. The zero-order valence-electron chi connectivity index (χ0n) is 55.8. The van der Waals surface area contributed by atoms with Gasteiger partial charge in [0.05, 0.1) is 64.8 Å². The molecule has 0 aliphatic carbocycles. The maximum atomic E-state index is 13.5. The number of carbonyl (C=O) groups excluding carboxylic acids is 3. The van der Waals surface area contributed by atoms with Gasteiger partial charge in [0.2, 0.25) is 5.88 Å². The van der Waals surface area contributed by atoms with Gasteiger partial charge in [-0.2, -0.15) is 15.8 Å². The minimum absolute atomic E-state index is 0.0655. The fourth-order valence-electron chi connectivity index (χ4n) is 12.6. The van der Waals surface area contributed by atoms with Crippen molar-refractivity contribution in [3.05, 3.63) is 226 Å². The van der Waals surface area contributed by atoms with E-state index in [1.807, 2.05) is 120 Å². The minimum Gasteiger partial charge on any atom is -0.497 e. The van der Waals surface area contributed by atoms with Gasteiger partial charge in [-0.25, -0.2) is 9.37 Å². The molecule has 24 nitrogen and oxygen atoms in total. The van der Waals surface area contributed by atoms with Crippen molar-refractivity contribution in [1.29, 1.82) is 15.8 Å². The van der Waals surface area contributed by atoms with Gasteiger partial charge < -0.3 is 57.3 Å². The monoisotopic (exact) mass is 1370 g/mol. The quantitative estimate of drug-likeness (QED) is 0.0524. The number of piperazine rings is 3. The van der Waals surface area contributed by atoms with Crippen LogP contribution in [0.4, 0.5) is 27.3 Å². The highest BCUT2D eigenvalue weighted by Crippen LogP contribution is 2.38. The first kappa shape index (κ1) is 69.4. The number of rotatable bonds is 15. The Balaban J connectivity index is 0.000000152. The van der Waals surface area contributed by atoms with Gasteiger partial charge in [-0.1, -0.05) is 66.2 Å². The van der Waals surface area contributed by atoms with Crippen LogP contribution in [0.25, 0.3) is 32.7 Å². The van der Waals surface area contributed by atoms with E-state index in [9.17, 15) is 54.3 Å². The van der Waals surface area contributed by atoms with E-state index in [1.165, 1.54) is 39.0 Å². The van der Waals surface area contributed by atoms with Crippen LogP contribution < -0.4 is 35.3 Å². The molecule has 5 aromatic carbocycles. The lowest BCUT2D eigenvalue weighted by atomic mass is 10.0. The van der Waals surface area contributed by atoms with Gasteiger partial charge in [0.25, 0.3) is 28.8 Å². The third-order valence-corrected chi connectivity index (χ3v) is 18.6. The smallest absolute Gasteiger partial charge is 0.433 e. The zero-order valence-corrected chi connectivity index (χ0v) is 56.6. The van der Waals surface area contributed by atoms with Crippen molar-refractivity contribution < 1.29 is 37.6 Å². The molecule has 26 heteroatoms. The number of nitriles is 3. The van der Waals surface area contributed by atoms with Gasteiger partial charge in [0, 0.05) is 114 Å². The predicted molar refractivity (Wildman–Crippen MR) is 379 cm³/mol. The topological polar surface area (TPSA) is 277 Å². The molecule has 3 aliphatic heterocycles. The number of anilines is 3. The number of amides is 3. The Kier molecular flexibility index (Phi) is 21.6. The Bertz CT molecular complexity index is 4960. The van der Waals surface area contributed by atoms with Crippen LogP contribution in [-0.2, 0) is 13.6 Å². The number of pyridine rings is 3. The number of fused-ring (bicyclic) bond motifs is 3. The van der Waals surface area contributed by atoms with Crippen LogP contribution in [0.3, 0.4) is 0 Å². The van der Waals surface area contributed by atoms with E-state index in [0.29, 0.717) is 125 Å². The lowest BCUT2D eigenvalue weighted by Gasteiger charge is -2.37. The van der Waals surface area contributed by atoms with Gasteiger partial charge in [0.1, 0.15) is 51.4 Å². The maximum absolute atomic E-state index is 13.5. The molecule has 5 aromatic heterocycles. The fourth-order valence-corrected chi connectivity index (χ4v) is 13.3. The van der Waals surface area contributed by atoms with Crippen LogP contribution in [0.2, 0.25) is 0 Å². The van der Waals surface area contributed by atoms with Crippen molar-refractivity contribution >= 4 is 84.7 Å². The second-order valence-electron chi connectivity index (χ2n) is 24.3. The molecule has 0 bridgehead atoms. The summed E-state index contributed by atoms with van der Waals surface area (Å²) in [5, 5.41) is 45.0. The Morgan fingerprint density at radius 1 is 0.650 bits per heavy atom. The van der Waals surface area contributed by atoms with Crippen LogP contribution in [0, 0.1) is 56.8 Å². The van der Waals surface area contributed by atoms with E-state index in [0.717, 1.165) is 67.9 Å². The highest BCUT2D eigenvalue weighted by Gasteiger charge is 2.32. The average molecular weight is 1370 g/mol. The lowest BCUT2D eigenvalue weighted by molar-refractivity contribution is -0.402. The number of aryl methyl sites for hydroxylation is 2. The van der Waals surface area contributed by atoms with Crippen molar-refractivity contribution in [3.8, 4) is 29.8 Å². The van der Waals surface area contributed by atoms with Crippen molar-refractivity contribution in [2.24, 2.45) is 7.05 Å². The van der Waals surface area contributed by atoms with Crippen LogP contribution in [0.15, 0.2) is 159 Å². The van der Waals surface area contributed by atoms with Crippen molar-refractivity contribution in [1.82, 2.24) is 33.7 Å². The molecular formula is C74H71FN14O10S. The molecule has 100 heavy (non-hydrogen) atoms. The molecule has 10 aromatic rings. The summed E-state index contributed by atoms with van der Waals surface area (Å²) >= 11 is 1.47. The second kappa shape index (κ2) is 31.1. The van der Waals surface area contributed by atoms with E-state index in [4.69, 9.17) is 13.9 Å². The summed E-state index contributed by atoms with van der Waals surface area (Å²) in [4.78, 5) is 93.5. The summed E-state index contributed by atoms with van der Waals surface area (Å²) in [5.74, 6) is -0.274. The molecule has 3 saturated heterocycles. The number of halogens is 1. The highest BCUT2D eigenvalue weighted by molar-refractivity contribution is 7.12. The summed E-state index contributed by atoms with van der Waals surface area (Å²) < 4.78 is 32.6. The zero-order chi connectivity index (χ0) is 70.7. The molecule has 0 spiro atoms. The number of hydrogen-bond donors (Lipinski definition) is 0. The normalized spacial score (nSPS) is 13.8. The van der Waals surface area contributed by atoms with E-state index < -0.39 is 22.3 Å². The molecule has 3 aliphatic rings. The number of aromatic nitrogens is 3. The number of para-hydroxylation sites is 2. The number of carbonyl (C=O) groups is 3. The van der Waals surface area contributed by atoms with Crippen LogP contribution in [-0.4, -0.2) is 169 Å². The molecule has 3 fully saturated rings. The third kappa shape index (κ3) is 15.0. The number of benzene rings is 5.